The zero-order valence-corrected chi connectivity index (χ0v) is 15.8. The molecule has 2 aromatic rings. The van der Waals surface area contributed by atoms with Crippen LogP contribution in [-0.4, -0.2) is 34.3 Å². The Kier molecular flexibility index (Phi) is 6.21. The number of thiazole rings is 1. The Morgan fingerprint density at radius 2 is 2.00 bits per heavy atom. The number of nitrogens with one attached hydrogen (secondary N) is 1. The lowest BCUT2D eigenvalue weighted by Crippen LogP contribution is -2.42. The molecule has 0 spiro atoms. The van der Waals surface area contributed by atoms with E-state index < -0.39 is 0 Å². The van der Waals surface area contributed by atoms with Crippen molar-refractivity contribution in [3.8, 4) is 0 Å². The van der Waals surface area contributed by atoms with Crippen LogP contribution in [0.5, 0.6) is 0 Å². The summed E-state index contributed by atoms with van der Waals surface area (Å²) in [5, 5.41) is 3.90. The second-order valence-corrected chi connectivity index (χ2v) is 7.53. The molecule has 1 aromatic carbocycles. The molecular formula is C16H17Cl2N3O2S. The molecule has 0 atom stereocenters. The lowest BCUT2D eigenvalue weighted by Gasteiger charge is -2.26. The molecule has 24 heavy (non-hydrogen) atoms. The molecule has 0 radical (unpaired) electrons. The van der Waals surface area contributed by atoms with Gasteiger partial charge in [0, 0.05) is 22.7 Å². The first kappa shape index (κ1) is 18.7. The molecule has 5 nitrogen and oxygen atoms in total. The van der Waals surface area contributed by atoms with Crippen molar-refractivity contribution in [3.63, 3.8) is 0 Å². The van der Waals surface area contributed by atoms with Crippen LogP contribution in [0.3, 0.4) is 0 Å². The summed E-state index contributed by atoms with van der Waals surface area (Å²) in [6, 6.07) is 4.50. The molecule has 1 N–H and O–H groups in total. The van der Waals surface area contributed by atoms with Gasteiger partial charge in [0.15, 0.2) is 5.13 Å². The molecule has 2 rings (SSSR count). The fourth-order valence-electron chi connectivity index (χ4n) is 2.01. The predicted molar refractivity (Wildman–Crippen MR) is 98.1 cm³/mol. The minimum atomic E-state index is -0.300. The third-order valence-electron chi connectivity index (χ3n) is 3.23. The number of aryl methyl sites for hydroxylation is 1. The highest BCUT2D eigenvalue weighted by Crippen LogP contribution is 2.24. The van der Waals surface area contributed by atoms with Crippen LogP contribution >= 0.6 is 34.5 Å². The summed E-state index contributed by atoms with van der Waals surface area (Å²) in [4.78, 5) is 31.4. The van der Waals surface area contributed by atoms with Gasteiger partial charge in [-0.15, -0.1) is 11.3 Å². The SMILES string of the molecule is Cc1cnc(NC(=O)CN(C(=O)c2ccc(Cl)c(Cl)c2)C(C)C)s1. The van der Waals surface area contributed by atoms with E-state index in [1.165, 1.54) is 22.3 Å². The smallest absolute Gasteiger partial charge is 0.254 e. The molecular weight excluding hydrogens is 369 g/mol. The molecule has 0 saturated carbocycles. The number of amides is 2. The van der Waals surface area contributed by atoms with Crippen LogP contribution in [0.25, 0.3) is 0 Å². The van der Waals surface area contributed by atoms with Crippen molar-refractivity contribution in [2.45, 2.75) is 26.8 Å². The van der Waals surface area contributed by atoms with Gasteiger partial charge in [0.1, 0.15) is 6.54 Å². The first-order chi connectivity index (χ1) is 11.3. The normalized spacial score (nSPS) is 10.8. The minimum Gasteiger partial charge on any atom is -0.327 e. The fourth-order valence-corrected chi connectivity index (χ4v) is 2.99. The number of carbonyl (C=O) groups excluding carboxylic acids is 2. The van der Waals surface area contributed by atoms with Gasteiger partial charge in [-0.2, -0.15) is 0 Å². The number of carbonyl (C=O) groups is 2. The molecule has 2 amide bonds. The molecule has 0 aliphatic heterocycles. The van der Waals surface area contributed by atoms with Crippen molar-refractivity contribution in [1.82, 2.24) is 9.88 Å². The summed E-state index contributed by atoms with van der Waals surface area (Å²) < 4.78 is 0. The average molecular weight is 386 g/mol. The van der Waals surface area contributed by atoms with E-state index in [1.807, 2.05) is 20.8 Å². The van der Waals surface area contributed by atoms with Gasteiger partial charge in [0.2, 0.25) is 5.91 Å². The van der Waals surface area contributed by atoms with E-state index >= 15 is 0 Å². The highest BCUT2D eigenvalue weighted by Gasteiger charge is 2.22. The maximum Gasteiger partial charge on any atom is 0.254 e. The van der Waals surface area contributed by atoms with Gasteiger partial charge >= 0.3 is 0 Å². The molecule has 0 aliphatic carbocycles. The molecule has 1 heterocycles. The quantitative estimate of drug-likeness (QED) is 0.836. The van der Waals surface area contributed by atoms with Crippen LogP contribution in [0.2, 0.25) is 10.0 Å². The van der Waals surface area contributed by atoms with E-state index in [2.05, 4.69) is 10.3 Å². The predicted octanol–water partition coefficient (Wildman–Crippen LogP) is 4.25. The molecule has 0 aliphatic rings. The summed E-state index contributed by atoms with van der Waals surface area (Å²) in [5.41, 5.74) is 0.385. The van der Waals surface area contributed by atoms with Gasteiger partial charge in [0.05, 0.1) is 10.0 Å². The van der Waals surface area contributed by atoms with Crippen molar-refractivity contribution in [1.29, 1.82) is 0 Å². The highest BCUT2D eigenvalue weighted by molar-refractivity contribution is 7.15. The number of hydrogen-bond donors (Lipinski definition) is 1. The Bertz CT molecular complexity index is 762. The summed E-state index contributed by atoms with van der Waals surface area (Å²) in [6.07, 6.45) is 1.68. The van der Waals surface area contributed by atoms with Crippen LogP contribution in [-0.2, 0) is 4.79 Å². The van der Waals surface area contributed by atoms with Gasteiger partial charge in [0.25, 0.3) is 5.91 Å². The largest absolute Gasteiger partial charge is 0.327 e. The number of rotatable bonds is 5. The summed E-state index contributed by atoms with van der Waals surface area (Å²) in [7, 11) is 0. The van der Waals surface area contributed by atoms with Crippen LogP contribution in [0, 0.1) is 6.92 Å². The maximum atomic E-state index is 12.7. The number of benzene rings is 1. The highest BCUT2D eigenvalue weighted by atomic mass is 35.5. The van der Waals surface area contributed by atoms with E-state index in [1.54, 1.807) is 18.3 Å². The van der Waals surface area contributed by atoms with Gasteiger partial charge in [-0.05, 0) is 39.0 Å². The fraction of sp³-hybridized carbons (Fsp3) is 0.312. The second kappa shape index (κ2) is 7.96. The zero-order valence-electron chi connectivity index (χ0n) is 13.5. The molecule has 0 bridgehead atoms. The number of nitrogens with zero attached hydrogens (tertiary/aromatic N) is 2. The lowest BCUT2D eigenvalue weighted by molar-refractivity contribution is -0.117. The molecule has 0 saturated heterocycles. The van der Waals surface area contributed by atoms with Crippen LogP contribution in [0.4, 0.5) is 5.13 Å². The Balaban J connectivity index is 2.11. The standard InChI is InChI=1S/C16H17Cl2N3O2S/c1-9(2)21(8-14(22)20-16-19-7-10(3)24-16)15(23)11-4-5-12(17)13(18)6-11/h4-7,9H,8H2,1-3H3,(H,19,20,22). The summed E-state index contributed by atoms with van der Waals surface area (Å²) >= 11 is 13.2. The van der Waals surface area contributed by atoms with Crippen molar-refractivity contribution in [3.05, 3.63) is 44.9 Å². The molecule has 8 heteroatoms. The minimum absolute atomic E-state index is 0.0740. The molecule has 1 aromatic heterocycles. The van der Waals surface area contributed by atoms with E-state index in [9.17, 15) is 9.59 Å². The van der Waals surface area contributed by atoms with Crippen molar-refractivity contribution >= 4 is 51.5 Å². The van der Waals surface area contributed by atoms with Gasteiger partial charge in [-0.25, -0.2) is 4.98 Å². The van der Waals surface area contributed by atoms with E-state index in [0.29, 0.717) is 20.7 Å². The van der Waals surface area contributed by atoms with Crippen LogP contribution in [0.15, 0.2) is 24.4 Å². The molecule has 128 valence electrons. The topological polar surface area (TPSA) is 62.3 Å². The number of hydrogen-bond acceptors (Lipinski definition) is 4. The molecule has 0 fully saturated rings. The monoisotopic (exact) mass is 385 g/mol. The third-order valence-corrected chi connectivity index (χ3v) is 4.80. The zero-order chi connectivity index (χ0) is 17.9. The van der Waals surface area contributed by atoms with Crippen molar-refractivity contribution < 1.29 is 9.59 Å². The summed E-state index contributed by atoms with van der Waals surface area (Å²) in [5.74, 6) is -0.583. The Morgan fingerprint density at radius 1 is 1.29 bits per heavy atom. The van der Waals surface area contributed by atoms with Gasteiger partial charge in [-0.1, -0.05) is 23.2 Å². The lowest BCUT2D eigenvalue weighted by atomic mass is 10.1. The van der Waals surface area contributed by atoms with Crippen molar-refractivity contribution in [2.75, 3.05) is 11.9 Å². The summed E-state index contributed by atoms with van der Waals surface area (Å²) in [6.45, 7) is 5.52. The first-order valence-electron chi connectivity index (χ1n) is 7.26. The number of halogens is 2. The average Bonchev–Trinajstić information content (AvgIpc) is 2.91. The molecule has 0 unspecified atom stereocenters. The van der Waals surface area contributed by atoms with E-state index in [0.717, 1.165) is 4.88 Å². The van der Waals surface area contributed by atoms with Crippen molar-refractivity contribution in [2.24, 2.45) is 0 Å². The van der Waals surface area contributed by atoms with Gasteiger partial charge in [-0.3, -0.25) is 9.59 Å². The Hall–Kier alpha value is -1.63. The first-order valence-corrected chi connectivity index (χ1v) is 8.83. The van der Waals surface area contributed by atoms with Gasteiger partial charge < -0.3 is 10.2 Å². The third kappa shape index (κ3) is 4.69. The van der Waals surface area contributed by atoms with E-state index in [4.69, 9.17) is 23.2 Å². The second-order valence-electron chi connectivity index (χ2n) is 5.48. The maximum absolute atomic E-state index is 12.7. The Morgan fingerprint density at radius 3 is 2.54 bits per heavy atom. The Labute approximate surface area is 154 Å². The van der Waals surface area contributed by atoms with Crippen LogP contribution < -0.4 is 5.32 Å². The number of anilines is 1. The van der Waals surface area contributed by atoms with Crippen LogP contribution in [0.1, 0.15) is 29.1 Å². The number of aromatic nitrogens is 1. The van der Waals surface area contributed by atoms with E-state index in [-0.39, 0.29) is 24.4 Å².